The van der Waals surface area contributed by atoms with Crippen molar-refractivity contribution in [1.29, 1.82) is 0 Å². The summed E-state index contributed by atoms with van der Waals surface area (Å²) in [6.45, 7) is 3.40. The van der Waals surface area contributed by atoms with E-state index in [4.69, 9.17) is 0 Å². The molecule has 0 bridgehead atoms. The van der Waals surface area contributed by atoms with Crippen molar-refractivity contribution in [2.75, 3.05) is 10.2 Å². The zero-order chi connectivity index (χ0) is 15.6. The molecule has 0 radical (unpaired) electrons. The first-order chi connectivity index (χ1) is 9.97. The average molecular weight is 350 g/mol. The molecule has 0 aliphatic rings. The number of halogens is 1. The number of hydrogen-bond donors (Lipinski definition) is 1. The molecule has 0 unspecified atom stereocenters. The summed E-state index contributed by atoms with van der Waals surface area (Å²) in [7, 11) is 0. The number of alkyl halides is 1. The Morgan fingerprint density at radius 1 is 1.24 bits per heavy atom. The van der Waals surface area contributed by atoms with E-state index in [-0.39, 0.29) is 11.2 Å². The summed E-state index contributed by atoms with van der Waals surface area (Å²) < 4.78 is 0. The van der Waals surface area contributed by atoms with E-state index in [9.17, 15) is 14.7 Å². The topological polar surface area (TPSA) is 57.6 Å². The number of aliphatic carboxylic acids is 1. The van der Waals surface area contributed by atoms with Gasteiger partial charge >= 0.3 is 5.97 Å². The highest BCUT2D eigenvalue weighted by Crippen LogP contribution is 2.32. The van der Waals surface area contributed by atoms with Crippen molar-refractivity contribution >= 4 is 44.3 Å². The number of benzene rings is 2. The lowest BCUT2D eigenvalue weighted by molar-refractivity contribution is -0.139. The van der Waals surface area contributed by atoms with Gasteiger partial charge in [0.15, 0.2) is 0 Å². The molecule has 1 atom stereocenters. The van der Waals surface area contributed by atoms with E-state index in [0.29, 0.717) is 5.69 Å². The lowest BCUT2D eigenvalue weighted by Gasteiger charge is -2.29. The maximum atomic E-state index is 12.3. The summed E-state index contributed by atoms with van der Waals surface area (Å²) in [5.74, 6) is -1.30. The molecule has 0 heterocycles. The molecule has 0 aliphatic heterocycles. The van der Waals surface area contributed by atoms with Gasteiger partial charge in [0, 0.05) is 5.39 Å². The fourth-order valence-corrected chi connectivity index (χ4v) is 2.66. The van der Waals surface area contributed by atoms with Gasteiger partial charge in [0.2, 0.25) is 5.91 Å². The number of amides is 1. The maximum absolute atomic E-state index is 12.3. The lowest BCUT2D eigenvalue weighted by atomic mass is 10.0. The van der Waals surface area contributed by atoms with Gasteiger partial charge in [0.05, 0.1) is 11.0 Å². The van der Waals surface area contributed by atoms with Crippen molar-refractivity contribution in [3.05, 3.63) is 42.0 Å². The quantitative estimate of drug-likeness (QED) is 0.861. The zero-order valence-electron chi connectivity index (χ0n) is 11.8. The van der Waals surface area contributed by atoms with Gasteiger partial charge in [-0.1, -0.05) is 52.3 Å². The SMILES string of the molecule is Cc1ccc2ccccc2c1N(C(=O)CBr)[C@@H](C)C(=O)O. The number of carbonyl (C=O) groups excluding carboxylic acids is 1. The van der Waals surface area contributed by atoms with Crippen LogP contribution in [0.3, 0.4) is 0 Å². The first-order valence-electron chi connectivity index (χ1n) is 6.56. The number of rotatable bonds is 4. The Hall–Kier alpha value is -1.88. The highest BCUT2D eigenvalue weighted by atomic mass is 79.9. The molecular weight excluding hydrogens is 334 g/mol. The van der Waals surface area contributed by atoms with E-state index in [1.807, 2.05) is 43.3 Å². The minimum absolute atomic E-state index is 0.0767. The summed E-state index contributed by atoms with van der Waals surface area (Å²) in [5, 5.41) is 11.2. The molecule has 110 valence electrons. The smallest absolute Gasteiger partial charge is 0.326 e. The number of nitrogens with zero attached hydrogens (tertiary/aromatic N) is 1. The van der Waals surface area contributed by atoms with E-state index in [1.54, 1.807) is 0 Å². The standard InChI is InChI=1S/C16H16BrNO3/c1-10-7-8-12-5-3-4-6-13(12)15(10)18(14(19)9-17)11(2)16(20)21/h3-8,11H,9H2,1-2H3,(H,20,21)/t11-/m0/s1. The van der Waals surface area contributed by atoms with Crippen LogP contribution in [0.4, 0.5) is 5.69 Å². The maximum Gasteiger partial charge on any atom is 0.326 e. The van der Waals surface area contributed by atoms with Crippen LogP contribution >= 0.6 is 15.9 Å². The molecule has 1 amide bonds. The number of fused-ring (bicyclic) bond motifs is 1. The second-order valence-corrected chi connectivity index (χ2v) is 5.42. The first kappa shape index (κ1) is 15.5. The molecule has 0 aromatic heterocycles. The molecule has 0 fully saturated rings. The van der Waals surface area contributed by atoms with E-state index < -0.39 is 12.0 Å². The van der Waals surface area contributed by atoms with Crippen LogP contribution in [-0.2, 0) is 9.59 Å². The highest BCUT2D eigenvalue weighted by Gasteiger charge is 2.28. The predicted octanol–water partition coefficient (Wildman–Crippen LogP) is 3.35. The van der Waals surface area contributed by atoms with Gasteiger partial charge in [0.1, 0.15) is 6.04 Å². The Morgan fingerprint density at radius 3 is 2.52 bits per heavy atom. The van der Waals surface area contributed by atoms with Crippen LogP contribution in [0.5, 0.6) is 0 Å². The molecule has 0 spiro atoms. The molecule has 2 aromatic rings. The molecule has 2 aromatic carbocycles. The van der Waals surface area contributed by atoms with Gasteiger partial charge in [-0.05, 0) is 24.8 Å². The van der Waals surface area contributed by atoms with E-state index >= 15 is 0 Å². The summed E-state index contributed by atoms with van der Waals surface area (Å²) in [6, 6.07) is 10.6. The summed E-state index contributed by atoms with van der Waals surface area (Å²) in [5.41, 5.74) is 1.53. The average Bonchev–Trinajstić information content (AvgIpc) is 2.49. The molecule has 0 saturated heterocycles. The fourth-order valence-electron chi connectivity index (χ4n) is 2.39. The van der Waals surface area contributed by atoms with Crippen LogP contribution in [0.15, 0.2) is 36.4 Å². The Balaban J connectivity index is 2.72. The summed E-state index contributed by atoms with van der Waals surface area (Å²) in [6.07, 6.45) is 0. The second-order valence-electron chi connectivity index (χ2n) is 4.86. The van der Waals surface area contributed by atoms with Crippen LogP contribution in [0.25, 0.3) is 10.8 Å². The van der Waals surface area contributed by atoms with Crippen LogP contribution in [-0.4, -0.2) is 28.4 Å². The van der Waals surface area contributed by atoms with E-state index in [0.717, 1.165) is 16.3 Å². The van der Waals surface area contributed by atoms with Crippen LogP contribution in [0.1, 0.15) is 12.5 Å². The van der Waals surface area contributed by atoms with Crippen LogP contribution in [0.2, 0.25) is 0 Å². The third kappa shape index (κ3) is 2.93. The van der Waals surface area contributed by atoms with Crippen molar-refractivity contribution in [1.82, 2.24) is 0 Å². The second kappa shape index (κ2) is 6.26. The summed E-state index contributed by atoms with van der Waals surface area (Å²) >= 11 is 3.13. The van der Waals surface area contributed by atoms with Crippen molar-refractivity contribution in [3.63, 3.8) is 0 Å². The first-order valence-corrected chi connectivity index (χ1v) is 7.68. The minimum atomic E-state index is -1.03. The van der Waals surface area contributed by atoms with Gasteiger partial charge in [-0.15, -0.1) is 0 Å². The number of aryl methyl sites for hydroxylation is 1. The Labute approximate surface area is 131 Å². The van der Waals surface area contributed by atoms with Crippen molar-refractivity contribution < 1.29 is 14.7 Å². The van der Waals surface area contributed by atoms with Crippen molar-refractivity contribution in [2.45, 2.75) is 19.9 Å². The van der Waals surface area contributed by atoms with Crippen LogP contribution in [0, 0.1) is 6.92 Å². The number of hydrogen-bond acceptors (Lipinski definition) is 2. The monoisotopic (exact) mass is 349 g/mol. The van der Waals surface area contributed by atoms with Gasteiger partial charge in [-0.25, -0.2) is 4.79 Å². The zero-order valence-corrected chi connectivity index (χ0v) is 13.4. The number of anilines is 1. The van der Waals surface area contributed by atoms with Crippen LogP contribution < -0.4 is 4.90 Å². The van der Waals surface area contributed by atoms with E-state index in [2.05, 4.69) is 15.9 Å². The predicted molar refractivity (Wildman–Crippen MR) is 87.1 cm³/mol. The van der Waals surface area contributed by atoms with Gasteiger partial charge in [-0.3, -0.25) is 9.69 Å². The Kier molecular flexibility index (Phi) is 4.63. The fraction of sp³-hybridized carbons (Fsp3) is 0.250. The molecule has 0 aliphatic carbocycles. The normalized spacial score (nSPS) is 12.1. The minimum Gasteiger partial charge on any atom is -0.480 e. The molecule has 4 nitrogen and oxygen atoms in total. The Morgan fingerprint density at radius 2 is 1.90 bits per heavy atom. The lowest BCUT2D eigenvalue weighted by Crippen LogP contribution is -2.44. The molecule has 0 saturated carbocycles. The van der Waals surface area contributed by atoms with E-state index in [1.165, 1.54) is 11.8 Å². The molecule has 21 heavy (non-hydrogen) atoms. The molecule has 5 heteroatoms. The van der Waals surface area contributed by atoms with Gasteiger partial charge in [-0.2, -0.15) is 0 Å². The van der Waals surface area contributed by atoms with Crippen molar-refractivity contribution in [3.8, 4) is 0 Å². The third-order valence-electron chi connectivity index (χ3n) is 3.47. The Bertz CT molecular complexity index is 699. The number of carboxylic acid groups (broad SMARTS) is 1. The molecule has 2 rings (SSSR count). The number of carbonyl (C=O) groups is 2. The largest absolute Gasteiger partial charge is 0.480 e. The highest BCUT2D eigenvalue weighted by molar-refractivity contribution is 9.09. The number of carboxylic acids is 1. The van der Waals surface area contributed by atoms with Crippen molar-refractivity contribution in [2.24, 2.45) is 0 Å². The van der Waals surface area contributed by atoms with Gasteiger partial charge < -0.3 is 5.11 Å². The summed E-state index contributed by atoms with van der Waals surface area (Å²) in [4.78, 5) is 25.0. The molecular formula is C16H16BrNO3. The third-order valence-corrected chi connectivity index (χ3v) is 3.95. The molecule has 1 N–H and O–H groups in total. The van der Waals surface area contributed by atoms with Gasteiger partial charge in [0.25, 0.3) is 0 Å².